The second kappa shape index (κ2) is 6.40. The third kappa shape index (κ3) is 2.47. The van der Waals surface area contributed by atoms with Gasteiger partial charge < -0.3 is 14.9 Å². The maximum absolute atomic E-state index is 13.2. The Kier molecular flexibility index (Phi) is 4.26. The predicted octanol–water partition coefficient (Wildman–Crippen LogP) is 2.73. The normalized spacial score (nSPS) is 48.1. The fourth-order valence-electron chi connectivity index (χ4n) is 8.07. The third-order valence-corrected chi connectivity index (χ3v) is 9.21. The van der Waals surface area contributed by atoms with Crippen LogP contribution >= 0.6 is 0 Å². The molecular formula is C23H30O6. The molecule has 0 aromatic heterocycles. The molecule has 0 amide bonds. The van der Waals surface area contributed by atoms with E-state index in [0.29, 0.717) is 37.5 Å². The maximum atomic E-state index is 13.2. The van der Waals surface area contributed by atoms with E-state index in [1.54, 1.807) is 6.08 Å². The number of ether oxygens (including phenoxy) is 1. The summed E-state index contributed by atoms with van der Waals surface area (Å²) in [7, 11) is 0. The molecule has 0 aromatic carbocycles. The molecule has 5 aliphatic rings. The first kappa shape index (κ1) is 19.3. The zero-order chi connectivity index (χ0) is 20.6. The van der Waals surface area contributed by atoms with Crippen molar-refractivity contribution in [2.45, 2.75) is 64.4 Å². The number of aliphatic carboxylic acids is 1. The van der Waals surface area contributed by atoms with Crippen LogP contribution in [0.5, 0.6) is 0 Å². The smallest absolute Gasteiger partial charge is 0.315 e. The van der Waals surface area contributed by atoms with Crippen molar-refractivity contribution in [3.05, 3.63) is 11.6 Å². The maximum Gasteiger partial charge on any atom is 0.315 e. The SMILES string of the molecule is C[C@H]1C[C@@H]2C3CC[C@]4(C(=O)OC[C@@]35CC(CCC(=O)O)C(=O)C=C15)[C@@H](O)CC[C@@H]24. The Morgan fingerprint density at radius 1 is 1.24 bits per heavy atom. The number of esters is 1. The molecule has 2 unspecified atom stereocenters. The van der Waals surface area contributed by atoms with Gasteiger partial charge in [-0.1, -0.05) is 12.5 Å². The molecule has 29 heavy (non-hydrogen) atoms. The number of aliphatic hydroxyl groups is 1. The highest BCUT2D eigenvalue weighted by Crippen LogP contribution is 2.68. The molecule has 1 saturated heterocycles. The van der Waals surface area contributed by atoms with Crippen molar-refractivity contribution in [2.24, 2.45) is 40.4 Å². The molecule has 2 N–H and O–H groups in total. The van der Waals surface area contributed by atoms with E-state index in [0.717, 1.165) is 24.8 Å². The minimum atomic E-state index is -0.883. The number of ketones is 1. The lowest BCUT2D eigenvalue weighted by Crippen LogP contribution is -2.62. The first-order valence-electron chi connectivity index (χ1n) is 11.1. The van der Waals surface area contributed by atoms with E-state index in [9.17, 15) is 19.5 Å². The monoisotopic (exact) mass is 402 g/mol. The summed E-state index contributed by atoms with van der Waals surface area (Å²) in [4.78, 5) is 37.1. The minimum Gasteiger partial charge on any atom is -0.481 e. The van der Waals surface area contributed by atoms with Crippen LogP contribution in [-0.4, -0.2) is 40.6 Å². The summed E-state index contributed by atoms with van der Waals surface area (Å²) in [5.41, 5.74) is 0.0302. The Balaban J connectivity index is 1.58. The lowest BCUT2D eigenvalue weighted by Gasteiger charge is -2.62. The second-order valence-electron chi connectivity index (χ2n) is 10.3. The second-order valence-corrected chi connectivity index (χ2v) is 10.3. The summed E-state index contributed by atoms with van der Waals surface area (Å²) in [6.45, 7) is 2.44. The van der Waals surface area contributed by atoms with Crippen LogP contribution in [0.25, 0.3) is 0 Å². The molecule has 2 spiro atoms. The molecule has 0 radical (unpaired) electrons. The number of carboxylic acid groups (broad SMARTS) is 1. The summed E-state index contributed by atoms with van der Waals surface area (Å²) >= 11 is 0. The molecule has 1 aliphatic heterocycles. The zero-order valence-electron chi connectivity index (χ0n) is 16.9. The molecule has 158 valence electrons. The Morgan fingerprint density at radius 3 is 2.79 bits per heavy atom. The number of fused-ring (bicyclic) bond motifs is 2. The Bertz CT molecular complexity index is 801. The van der Waals surface area contributed by atoms with Gasteiger partial charge in [0.2, 0.25) is 0 Å². The molecule has 6 heteroatoms. The molecule has 6 nitrogen and oxygen atoms in total. The predicted molar refractivity (Wildman–Crippen MR) is 103 cm³/mol. The van der Waals surface area contributed by atoms with Gasteiger partial charge in [-0.15, -0.1) is 0 Å². The van der Waals surface area contributed by atoms with Crippen LogP contribution in [0.3, 0.4) is 0 Å². The summed E-state index contributed by atoms with van der Waals surface area (Å²) in [5, 5.41) is 19.9. The van der Waals surface area contributed by atoms with Gasteiger partial charge in [0, 0.05) is 17.8 Å². The topological polar surface area (TPSA) is 101 Å². The number of carboxylic acids is 1. The van der Waals surface area contributed by atoms with Crippen molar-refractivity contribution in [1.29, 1.82) is 0 Å². The third-order valence-electron chi connectivity index (χ3n) is 9.21. The Morgan fingerprint density at radius 2 is 2.03 bits per heavy atom. The van der Waals surface area contributed by atoms with E-state index < -0.39 is 17.5 Å². The first-order valence-corrected chi connectivity index (χ1v) is 11.1. The van der Waals surface area contributed by atoms with Gasteiger partial charge in [0.1, 0.15) is 6.61 Å². The number of carbonyl (C=O) groups excluding carboxylic acids is 2. The molecule has 2 bridgehead atoms. The van der Waals surface area contributed by atoms with Crippen LogP contribution < -0.4 is 0 Å². The lowest BCUT2D eigenvalue weighted by atomic mass is 9.43. The van der Waals surface area contributed by atoms with Crippen molar-refractivity contribution in [3.8, 4) is 0 Å². The van der Waals surface area contributed by atoms with Gasteiger partial charge >= 0.3 is 11.9 Å². The van der Waals surface area contributed by atoms with E-state index in [4.69, 9.17) is 9.84 Å². The molecule has 3 saturated carbocycles. The van der Waals surface area contributed by atoms with Crippen LogP contribution in [0.1, 0.15) is 58.3 Å². The number of rotatable bonds is 3. The minimum absolute atomic E-state index is 0.0168. The summed E-state index contributed by atoms with van der Waals surface area (Å²) < 4.78 is 5.93. The average molecular weight is 402 g/mol. The molecule has 8 atom stereocenters. The first-order chi connectivity index (χ1) is 13.8. The van der Waals surface area contributed by atoms with Crippen LogP contribution in [0.15, 0.2) is 11.6 Å². The summed E-state index contributed by atoms with van der Waals surface area (Å²) in [6, 6.07) is 0. The van der Waals surface area contributed by atoms with Crippen LogP contribution in [0.4, 0.5) is 0 Å². The van der Waals surface area contributed by atoms with Gasteiger partial charge in [-0.3, -0.25) is 14.4 Å². The van der Waals surface area contributed by atoms with E-state index >= 15 is 0 Å². The standard InChI is InChI=1S/C23H30O6/c1-12-8-14-15-6-7-23(16(14)3-4-19(23)25)21(28)29-11-22(15)10-13(2-5-20(26)27)18(24)9-17(12)22/h9,12-16,19,25H,2-8,10-11H2,1H3,(H,26,27)/t12-,13?,14+,15?,16-,19-,22-,23+/m0/s1. The van der Waals surface area contributed by atoms with Gasteiger partial charge in [0.25, 0.3) is 0 Å². The van der Waals surface area contributed by atoms with Gasteiger partial charge in [-0.25, -0.2) is 0 Å². The molecule has 4 fully saturated rings. The fraction of sp³-hybridized carbons (Fsp3) is 0.783. The highest BCUT2D eigenvalue weighted by molar-refractivity contribution is 5.94. The van der Waals surface area contributed by atoms with Crippen molar-refractivity contribution >= 4 is 17.7 Å². The lowest BCUT2D eigenvalue weighted by molar-refractivity contribution is -0.199. The van der Waals surface area contributed by atoms with Gasteiger partial charge in [0.15, 0.2) is 5.78 Å². The van der Waals surface area contributed by atoms with Crippen molar-refractivity contribution in [3.63, 3.8) is 0 Å². The molecule has 0 aromatic rings. The van der Waals surface area contributed by atoms with Crippen LogP contribution in [0, 0.1) is 40.4 Å². The average Bonchev–Trinajstić information content (AvgIpc) is 3.02. The van der Waals surface area contributed by atoms with Crippen molar-refractivity contribution in [1.82, 2.24) is 0 Å². The van der Waals surface area contributed by atoms with Gasteiger partial charge in [-0.2, -0.15) is 0 Å². The molecule has 5 rings (SSSR count). The number of carbonyl (C=O) groups is 3. The zero-order valence-corrected chi connectivity index (χ0v) is 16.9. The highest BCUT2D eigenvalue weighted by atomic mass is 16.5. The van der Waals surface area contributed by atoms with Crippen LogP contribution in [-0.2, 0) is 19.1 Å². The molecule has 1 heterocycles. The van der Waals surface area contributed by atoms with E-state index in [-0.39, 0.29) is 47.9 Å². The summed E-state index contributed by atoms with van der Waals surface area (Å²) in [6.07, 6.45) is 6.09. The van der Waals surface area contributed by atoms with Crippen molar-refractivity contribution in [2.75, 3.05) is 6.61 Å². The molecule has 4 aliphatic carbocycles. The van der Waals surface area contributed by atoms with E-state index in [1.807, 2.05) is 0 Å². The fourth-order valence-corrected chi connectivity index (χ4v) is 8.07. The number of hydrogen-bond acceptors (Lipinski definition) is 5. The van der Waals surface area contributed by atoms with Gasteiger partial charge in [-0.05, 0) is 74.7 Å². The summed E-state index contributed by atoms with van der Waals surface area (Å²) in [5.74, 6) is -0.330. The molecular weight excluding hydrogens is 372 g/mol. The van der Waals surface area contributed by atoms with Crippen molar-refractivity contribution < 1.29 is 29.3 Å². The van der Waals surface area contributed by atoms with E-state index in [1.165, 1.54) is 0 Å². The quantitative estimate of drug-likeness (QED) is 0.704. The van der Waals surface area contributed by atoms with Gasteiger partial charge in [0.05, 0.1) is 11.5 Å². The number of aliphatic hydroxyl groups excluding tert-OH is 1. The van der Waals surface area contributed by atoms with Crippen LogP contribution in [0.2, 0.25) is 0 Å². The van der Waals surface area contributed by atoms with E-state index in [2.05, 4.69) is 6.92 Å². The Labute approximate surface area is 170 Å². The number of hydrogen-bond donors (Lipinski definition) is 2. The highest BCUT2D eigenvalue weighted by Gasteiger charge is 2.68. The number of cyclic esters (lactones) is 1. The largest absolute Gasteiger partial charge is 0.481 e. The Hall–Kier alpha value is -1.69.